The highest BCUT2D eigenvalue weighted by Crippen LogP contribution is 2.39. The zero-order valence-electron chi connectivity index (χ0n) is 15.8. The molecule has 28 heavy (non-hydrogen) atoms. The molecule has 0 spiro atoms. The summed E-state index contributed by atoms with van der Waals surface area (Å²) in [7, 11) is -1.73. The molecule has 1 aromatic heterocycles. The van der Waals surface area contributed by atoms with Crippen LogP contribution in [-0.4, -0.2) is 54.9 Å². The number of aromatic nitrogens is 2. The molecule has 0 radical (unpaired) electrons. The Balaban J connectivity index is 1.69. The normalized spacial score (nSPS) is 19.4. The van der Waals surface area contributed by atoms with Gasteiger partial charge >= 0.3 is 0 Å². The highest BCUT2D eigenvalue weighted by Gasteiger charge is 2.34. The first-order valence-corrected chi connectivity index (χ1v) is 10.9. The summed E-state index contributed by atoms with van der Waals surface area (Å²) in [4.78, 5) is 13.3. The van der Waals surface area contributed by atoms with E-state index in [1.165, 1.54) is 15.2 Å². The van der Waals surface area contributed by atoms with Crippen molar-refractivity contribution >= 4 is 27.4 Å². The van der Waals surface area contributed by atoms with Crippen molar-refractivity contribution in [1.82, 2.24) is 14.1 Å². The first-order valence-electron chi connectivity index (χ1n) is 9.07. The Kier molecular flexibility index (Phi) is 4.54. The molecule has 0 saturated heterocycles. The van der Waals surface area contributed by atoms with Gasteiger partial charge in [-0.25, -0.2) is 8.42 Å². The van der Waals surface area contributed by atoms with E-state index >= 15 is 0 Å². The Morgan fingerprint density at radius 3 is 2.89 bits per heavy atom. The lowest BCUT2D eigenvalue weighted by Gasteiger charge is -2.27. The first kappa shape index (κ1) is 18.8. The Labute approximate surface area is 163 Å². The van der Waals surface area contributed by atoms with Crippen LogP contribution in [0, 0.1) is 0 Å². The van der Waals surface area contributed by atoms with E-state index in [4.69, 9.17) is 10.5 Å². The summed E-state index contributed by atoms with van der Waals surface area (Å²) in [5.74, 6) is 0.373. The summed E-state index contributed by atoms with van der Waals surface area (Å²) in [6, 6.07) is 5.60. The molecule has 10 heteroatoms. The topological polar surface area (TPSA) is 120 Å². The van der Waals surface area contributed by atoms with Gasteiger partial charge < -0.3 is 15.8 Å². The smallest absolute Gasteiger partial charge is 0.256 e. The summed E-state index contributed by atoms with van der Waals surface area (Å²) >= 11 is 0. The molecule has 0 amide bonds. The standard InChI is InChI=1S/C18H23N5O4S/c1-27-15-5-3-4-11-12(6-8-20-16(11)15)18(24)23-17(19)13-7-9-22(28(2,25)26)10-14(13)21-23/h3-5,12,20H,6-10,19H2,1-2H3/t12-/m1/s1. The second-order valence-corrected chi connectivity index (χ2v) is 9.08. The van der Waals surface area contributed by atoms with Crippen LogP contribution in [0.2, 0.25) is 0 Å². The fourth-order valence-corrected chi connectivity index (χ4v) is 4.72. The SMILES string of the molecule is COc1cccc2c1NCC[C@H]2C(=O)n1nc2c(c1N)CCN(S(C)(=O)=O)C2. The van der Waals surface area contributed by atoms with E-state index in [2.05, 4.69) is 10.4 Å². The number of carbonyl (C=O) groups excluding carboxylic acids is 1. The van der Waals surface area contributed by atoms with Gasteiger partial charge in [0.15, 0.2) is 0 Å². The average molecular weight is 405 g/mol. The molecule has 150 valence electrons. The number of fused-ring (bicyclic) bond motifs is 2. The molecular weight excluding hydrogens is 382 g/mol. The van der Waals surface area contributed by atoms with Crippen LogP contribution in [0.1, 0.15) is 34.0 Å². The predicted octanol–water partition coefficient (Wildman–Crippen LogP) is 1.03. The lowest BCUT2D eigenvalue weighted by Crippen LogP contribution is -2.35. The van der Waals surface area contributed by atoms with E-state index in [9.17, 15) is 13.2 Å². The third-order valence-electron chi connectivity index (χ3n) is 5.41. The molecule has 1 aromatic carbocycles. The molecule has 0 fully saturated rings. The number of nitrogens with two attached hydrogens (primary N) is 1. The lowest BCUT2D eigenvalue weighted by molar-refractivity contribution is 0.0859. The zero-order chi connectivity index (χ0) is 20.1. The molecule has 2 aliphatic rings. The Morgan fingerprint density at radius 1 is 1.39 bits per heavy atom. The number of nitrogens with one attached hydrogen (secondary N) is 1. The van der Waals surface area contributed by atoms with Gasteiger partial charge in [0.25, 0.3) is 5.91 Å². The fourth-order valence-electron chi connectivity index (χ4n) is 3.94. The number of hydrogen-bond donors (Lipinski definition) is 2. The minimum absolute atomic E-state index is 0.134. The fraction of sp³-hybridized carbons (Fsp3) is 0.444. The van der Waals surface area contributed by atoms with Crippen molar-refractivity contribution in [3.05, 3.63) is 35.0 Å². The highest BCUT2D eigenvalue weighted by molar-refractivity contribution is 7.88. The zero-order valence-corrected chi connectivity index (χ0v) is 16.6. The van der Waals surface area contributed by atoms with Crippen molar-refractivity contribution in [3.8, 4) is 5.75 Å². The average Bonchev–Trinajstić information content (AvgIpc) is 3.02. The van der Waals surface area contributed by atoms with Crippen LogP contribution in [0.5, 0.6) is 5.75 Å². The van der Waals surface area contributed by atoms with Gasteiger partial charge in [-0.3, -0.25) is 4.79 Å². The number of nitrogens with zero attached hydrogens (tertiary/aromatic N) is 3. The van der Waals surface area contributed by atoms with Gasteiger partial charge in [-0.05, 0) is 24.5 Å². The molecule has 2 aliphatic heterocycles. The molecule has 0 aliphatic carbocycles. The van der Waals surface area contributed by atoms with Crippen molar-refractivity contribution in [3.63, 3.8) is 0 Å². The Hall–Kier alpha value is -2.59. The van der Waals surface area contributed by atoms with Crippen molar-refractivity contribution in [2.24, 2.45) is 0 Å². The molecule has 9 nitrogen and oxygen atoms in total. The third kappa shape index (κ3) is 3.02. The van der Waals surface area contributed by atoms with Crippen LogP contribution in [0.25, 0.3) is 0 Å². The van der Waals surface area contributed by atoms with Gasteiger partial charge in [0, 0.05) is 18.7 Å². The number of benzene rings is 1. The quantitative estimate of drug-likeness (QED) is 0.783. The summed E-state index contributed by atoms with van der Waals surface area (Å²) in [6.45, 7) is 1.10. The number of rotatable bonds is 3. The van der Waals surface area contributed by atoms with Gasteiger partial charge in [0.1, 0.15) is 11.6 Å². The number of carbonyl (C=O) groups is 1. The number of hydrogen-bond acceptors (Lipinski definition) is 7. The predicted molar refractivity (Wildman–Crippen MR) is 105 cm³/mol. The number of para-hydroxylation sites is 1. The third-order valence-corrected chi connectivity index (χ3v) is 6.66. The van der Waals surface area contributed by atoms with Crippen LogP contribution in [0.4, 0.5) is 11.5 Å². The minimum atomic E-state index is -3.32. The van der Waals surface area contributed by atoms with E-state index in [0.717, 1.165) is 16.8 Å². The van der Waals surface area contributed by atoms with E-state index in [-0.39, 0.29) is 12.5 Å². The van der Waals surface area contributed by atoms with Gasteiger partial charge in [0.2, 0.25) is 10.0 Å². The second-order valence-electron chi connectivity index (χ2n) is 7.10. The van der Waals surface area contributed by atoms with Gasteiger partial charge in [0.05, 0.1) is 37.2 Å². The molecule has 3 heterocycles. The van der Waals surface area contributed by atoms with Gasteiger partial charge in [-0.15, -0.1) is 0 Å². The van der Waals surface area contributed by atoms with Crippen molar-refractivity contribution < 1.29 is 17.9 Å². The van der Waals surface area contributed by atoms with Crippen molar-refractivity contribution in [1.29, 1.82) is 0 Å². The van der Waals surface area contributed by atoms with E-state index in [1.54, 1.807) is 7.11 Å². The number of anilines is 2. The van der Waals surface area contributed by atoms with E-state index in [0.29, 0.717) is 43.2 Å². The van der Waals surface area contributed by atoms with Crippen LogP contribution in [0.3, 0.4) is 0 Å². The molecule has 2 aromatic rings. The maximum Gasteiger partial charge on any atom is 0.256 e. The molecule has 0 bridgehead atoms. The van der Waals surface area contributed by atoms with Crippen LogP contribution in [-0.2, 0) is 23.0 Å². The van der Waals surface area contributed by atoms with E-state index in [1.807, 2.05) is 18.2 Å². The van der Waals surface area contributed by atoms with Crippen LogP contribution >= 0.6 is 0 Å². The summed E-state index contributed by atoms with van der Waals surface area (Å²) in [5.41, 5.74) is 9.20. The molecule has 4 rings (SSSR count). The highest BCUT2D eigenvalue weighted by atomic mass is 32.2. The molecule has 0 unspecified atom stereocenters. The molecule has 3 N–H and O–H groups in total. The van der Waals surface area contributed by atoms with E-state index < -0.39 is 15.9 Å². The molecule has 0 saturated carbocycles. The number of sulfonamides is 1. The minimum Gasteiger partial charge on any atom is -0.495 e. The van der Waals surface area contributed by atoms with Crippen LogP contribution in [0.15, 0.2) is 18.2 Å². The Morgan fingerprint density at radius 2 is 2.18 bits per heavy atom. The summed E-state index contributed by atoms with van der Waals surface area (Å²) in [6.07, 6.45) is 2.22. The summed E-state index contributed by atoms with van der Waals surface area (Å²) < 4.78 is 31.7. The van der Waals surface area contributed by atoms with Gasteiger partial charge in [-0.2, -0.15) is 14.1 Å². The maximum atomic E-state index is 13.3. The lowest BCUT2D eigenvalue weighted by atomic mass is 9.90. The molecular formula is C18H23N5O4S. The van der Waals surface area contributed by atoms with Crippen molar-refractivity contribution in [2.45, 2.75) is 25.3 Å². The number of nitrogen functional groups attached to an aromatic ring is 1. The maximum absolute atomic E-state index is 13.3. The molecule has 1 atom stereocenters. The Bertz CT molecular complexity index is 1050. The second kappa shape index (κ2) is 6.78. The summed E-state index contributed by atoms with van der Waals surface area (Å²) in [5, 5.41) is 7.68. The van der Waals surface area contributed by atoms with Gasteiger partial charge in [-0.1, -0.05) is 12.1 Å². The largest absolute Gasteiger partial charge is 0.495 e. The first-order chi connectivity index (χ1) is 13.3. The van der Waals surface area contributed by atoms with Crippen LogP contribution < -0.4 is 15.8 Å². The number of ether oxygens (including phenoxy) is 1. The number of methoxy groups -OCH3 is 1. The monoisotopic (exact) mass is 405 g/mol. The van der Waals surface area contributed by atoms with Crippen molar-refractivity contribution in [2.75, 3.05) is 37.5 Å².